The Kier molecular flexibility index (Phi) is 3.23. The Bertz CT molecular complexity index is 226. The maximum absolute atomic E-state index is 11.2. The molecule has 0 aromatic carbocycles. The Labute approximate surface area is 76.2 Å². The first kappa shape index (κ1) is 9.96. The normalized spacial score (nSPS) is 28.2. The van der Waals surface area contributed by atoms with E-state index in [0.29, 0.717) is 6.42 Å². The summed E-state index contributed by atoms with van der Waals surface area (Å²) in [6.45, 7) is 0.440. The van der Waals surface area contributed by atoms with Gasteiger partial charge in [0.2, 0.25) is 5.91 Å². The molecule has 0 saturated carbocycles. The van der Waals surface area contributed by atoms with Crippen molar-refractivity contribution < 1.29 is 15.0 Å². The summed E-state index contributed by atoms with van der Waals surface area (Å²) in [5.74, 6) is -0.333. The molecule has 13 heavy (non-hydrogen) atoms. The number of β-amino-alcohol motifs (C(OH)–C–C–N with tert-alkyl or cyclic N) is 2. The number of nitrogens with zero attached hydrogens (tertiary/aromatic N) is 2. The van der Waals surface area contributed by atoms with Crippen molar-refractivity contribution in [3.63, 3.8) is 0 Å². The van der Waals surface area contributed by atoms with Crippen molar-refractivity contribution in [2.24, 2.45) is 0 Å². The SMILES string of the molecule is N#CCC(=O)N1CC(O)CC(O)C1. The van der Waals surface area contributed by atoms with Gasteiger partial charge in [0.1, 0.15) is 6.42 Å². The van der Waals surface area contributed by atoms with Gasteiger partial charge in [-0.25, -0.2) is 0 Å². The maximum atomic E-state index is 11.2. The summed E-state index contributed by atoms with van der Waals surface area (Å²) in [6, 6.07) is 1.74. The maximum Gasteiger partial charge on any atom is 0.236 e. The summed E-state index contributed by atoms with van der Waals surface area (Å²) >= 11 is 0. The van der Waals surface area contributed by atoms with E-state index in [-0.39, 0.29) is 25.4 Å². The Morgan fingerprint density at radius 1 is 1.46 bits per heavy atom. The van der Waals surface area contributed by atoms with E-state index in [1.54, 1.807) is 6.07 Å². The molecule has 1 fully saturated rings. The topological polar surface area (TPSA) is 84.6 Å². The van der Waals surface area contributed by atoms with Crippen molar-refractivity contribution in [1.82, 2.24) is 4.90 Å². The lowest BCUT2D eigenvalue weighted by atomic mass is 10.1. The minimum atomic E-state index is -0.675. The number of amides is 1. The van der Waals surface area contributed by atoms with Gasteiger partial charge in [-0.1, -0.05) is 0 Å². The van der Waals surface area contributed by atoms with Crippen LogP contribution in [0.5, 0.6) is 0 Å². The number of hydrogen-bond acceptors (Lipinski definition) is 4. The minimum absolute atomic E-state index is 0.195. The molecule has 0 aromatic heterocycles. The molecule has 0 aliphatic carbocycles. The standard InChI is InChI=1S/C8H12N2O3/c9-2-1-8(13)10-4-6(11)3-7(12)5-10/h6-7,11-12H,1,3-5H2. The van der Waals surface area contributed by atoms with E-state index in [4.69, 9.17) is 5.26 Å². The number of rotatable bonds is 1. The van der Waals surface area contributed by atoms with Gasteiger partial charge < -0.3 is 15.1 Å². The highest BCUT2D eigenvalue weighted by Crippen LogP contribution is 2.11. The van der Waals surface area contributed by atoms with E-state index in [9.17, 15) is 15.0 Å². The third kappa shape index (κ3) is 2.68. The summed E-state index contributed by atoms with van der Waals surface area (Å²) in [7, 11) is 0. The summed E-state index contributed by atoms with van der Waals surface area (Å²) in [6.07, 6.45) is -1.24. The molecule has 0 radical (unpaired) electrons. The highest BCUT2D eigenvalue weighted by atomic mass is 16.3. The van der Waals surface area contributed by atoms with Crippen molar-refractivity contribution in [3.05, 3.63) is 0 Å². The van der Waals surface area contributed by atoms with Crippen molar-refractivity contribution in [2.75, 3.05) is 13.1 Å². The zero-order valence-electron chi connectivity index (χ0n) is 7.18. The summed E-state index contributed by atoms with van der Waals surface area (Å²) in [5.41, 5.74) is 0. The van der Waals surface area contributed by atoms with Crippen molar-refractivity contribution in [2.45, 2.75) is 25.0 Å². The fraction of sp³-hybridized carbons (Fsp3) is 0.750. The molecule has 1 aliphatic heterocycles. The first-order valence-corrected chi connectivity index (χ1v) is 4.14. The second kappa shape index (κ2) is 4.21. The Hall–Kier alpha value is -1.12. The van der Waals surface area contributed by atoms with Crippen LogP contribution < -0.4 is 0 Å². The van der Waals surface area contributed by atoms with Crippen LogP contribution in [0.1, 0.15) is 12.8 Å². The second-order valence-corrected chi connectivity index (χ2v) is 3.18. The van der Waals surface area contributed by atoms with Crippen LogP contribution in [0, 0.1) is 11.3 Å². The molecule has 5 nitrogen and oxygen atoms in total. The van der Waals surface area contributed by atoms with Gasteiger partial charge in [-0.3, -0.25) is 4.79 Å². The molecule has 1 saturated heterocycles. The molecule has 1 heterocycles. The Morgan fingerprint density at radius 3 is 2.46 bits per heavy atom. The molecule has 2 N–H and O–H groups in total. The number of aliphatic hydroxyl groups is 2. The number of carbonyl (C=O) groups is 1. The first-order valence-electron chi connectivity index (χ1n) is 4.14. The molecule has 2 unspecified atom stereocenters. The van der Waals surface area contributed by atoms with Crippen LogP contribution in [0.25, 0.3) is 0 Å². The van der Waals surface area contributed by atoms with Crippen LogP contribution in [-0.2, 0) is 4.79 Å². The first-order chi connectivity index (χ1) is 6.13. The molecular formula is C8H12N2O3. The Balaban J connectivity index is 2.50. The van der Waals surface area contributed by atoms with Gasteiger partial charge in [0, 0.05) is 19.5 Å². The molecule has 0 bridgehead atoms. The molecule has 2 atom stereocenters. The van der Waals surface area contributed by atoms with Gasteiger partial charge >= 0.3 is 0 Å². The number of hydrogen-bond donors (Lipinski definition) is 2. The number of likely N-dealkylation sites (tertiary alicyclic amines) is 1. The van der Waals surface area contributed by atoms with E-state index >= 15 is 0 Å². The lowest BCUT2D eigenvalue weighted by Crippen LogP contribution is -2.48. The zero-order chi connectivity index (χ0) is 9.84. The highest BCUT2D eigenvalue weighted by Gasteiger charge is 2.27. The lowest BCUT2D eigenvalue weighted by molar-refractivity contribution is -0.136. The third-order valence-electron chi connectivity index (χ3n) is 1.99. The number of carbonyl (C=O) groups excluding carboxylic acids is 1. The van der Waals surface area contributed by atoms with Gasteiger partial charge in [-0.2, -0.15) is 5.26 Å². The lowest BCUT2D eigenvalue weighted by Gasteiger charge is -2.32. The number of nitriles is 1. The molecule has 0 spiro atoms. The summed E-state index contributed by atoms with van der Waals surface area (Å²) in [5, 5.41) is 26.7. The predicted molar refractivity (Wildman–Crippen MR) is 43.4 cm³/mol. The van der Waals surface area contributed by atoms with Crippen LogP contribution >= 0.6 is 0 Å². The fourth-order valence-corrected chi connectivity index (χ4v) is 1.43. The van der Waals surface area contributed by atoms with E-state index in [1.165, 1.54) is 4.90 Å². The van der Waals surface area contributed by atoms with Crippen LogP contribution in [-0.4, -0.2) is 46.3 Å². The summed E-state index contributed by atoms with van der Waals surface area (Å²) in [4.78, 5) is 12.5. The van der Waals surface area contributed by atoms with Crippen molar-refractivity contribution in [3.8, 4) is 6.07 Å². The average molecular weight is 184 g/mol. The third-order valence-corrected chi connectivity index (χ3v) is 1.99. The van der Waals surface area contributed by atoms with Gasteiger partial charge in [0.15, 0.2) is 0 Å². The predicted octanol–water partition coefficient (Wildman–Crippen LogP) is -1.15. The van der Waals surface area contributed by atoms with Gasteiger partial charge in [0.05, 0.1) is 18.3 Å². The molecule has 1 amide bonds. The van der Waals surface area contributed by atoms with Gasteiger partial charge in [-0.15, -0.1) is 0 Å². The van der Waals surface area contributed by atoms with Crippen LogP contribution in [0.2, 0.25) is 0 Å². The molecular weight excluding hydrogens is 172 g/mol. The van der Waals surface area contributed by atoms with Gasteiger partial charge in [0.25, 0.3) is 0 Å². The molecule has 72 valence electrons. The van der Waals surface area contributed by atoms with E-state index in [2.05, 4.69) is 0 Å². The average Bonchev–Trinajstić information content (AvgIpc) is 2.03. The van der Waals surface area contributed by atoms with Crippen LogP contribution in [0.15, 0.2) is 0 Å². The zero-order valence-corrected chi connectivity index (χ0v) is 7.18. The summed E-state index contributed by atoms with van der Waals surface area (Å²) < 4.78 is 0. The minimum Gasteiger partial charge on any atom is -0.391 e. The van der Waals surface area contributed by atoms with E-state index in [1.807, 2.05) is 0 Å². The smallest absolute Gasteiger partial charge is 0.236 e. The van der Waals surface area contributed by atoms with Crippen LogP contribution in [0.3, 0.4) is 0 Å². The van der Waals surface area contributed by atoms with E-state index in [0.717, 1.165) is 0 Å². The van der Waals surface area contributed by atoms with E-state index < -0.39 is 12.2 Å². The highest BCUT2D eigenvalue weighted by molar-refractivity contribution is 5.78. The van der Waals surface area contributed by atoms with Crippen molar-refractivity contribution in [1.29, 1.82) is 5.26 Å². The monoisotopic (exact) mass is 184 g/mol. The molecule has 5 heteroatoms. The Morgan fingerprint density at radius 2 is 2.00 bits per heavy atom. The van der Waals surface area contributed by atoms with Crippen LogP contribution in [0.4, 0.5) is 0 Å². The number of aliphatic hydroxyl groups excluding tert-OH is 2. The molecule has 1 rings (SSSR count). The largest absolute Gasteiger partial charge is 0.391 e. The second-order valence-electron chi connectivity index (χ2n) is 3.18. The molecule has 1 aliphatic rings. The van der Waals surface area contributed by atoms with Crippen molar-refractivity contribution >= 4 is 5.91 Å². The quantitative estimate of drug-likeness (QED) is 0.539. The number of piperidine rings is 1. The molecule has 0 aromatic rings. The van der Waals surface area contributed by atoms with Gasteiger partial charge in [-0.05, 0) is 0 Å². The fourth-order valence-electron chi connectivity index (χ4n) is 1.43.